The van der Waals surface area contributed by atoms with Gasteiger partial charge in [0, 0.05) is 24.9 Å². The van der Waals surface area contributed by atoms with Crippen LogP contribution in [0.1, 0.15) is 10.5 Å². The van der Waals surface area contributed by atoms with E-state index in [9.17, 15) is 14.9 Å². The number of H-pyrrole nitrogens is 1. The second-order valence-electron chi connectivity index (χ2n) is 3.49. The highest BCUT2D eigenvalue weighted by molar-refractivity contribution is 6.04. The van der Waals surface area contributed by atoms with Crippen molar-refractivity contribution in [3.05, 3.63) is 46.3 Å². The Bertz CT molecular complexity index is 564. The summed E-state index contributed by atoms with van der Waals surface area (Å²) in [6.45, 7) is 0. The molecule has 0 aliphatic heterocycles. The van der Waals surface area contributed by atoms with Gasteiger partial charge in [0.1, 0.15) is 0 Å². The normalized spacial score (nSPS) is 10.1. The van der Waals surface area contributed by atoms with Crippen molar-refractivity contribution >= 4 is 17.3 Å². The molecule has 2 aromatic rings. The summed E-state index contributed by atoms with van der Waals surface area (Å²) >= 11 is 0. The Labute approximate surface area is 101 Å². The molecule has 1 heterocycles. The summed E-state index contributed by atoms with van der Waals surface area (Å²) in [6.07, 6.45) is 1.31. The number of hydrogen-bond acceptors (Lipinski definition) is 5. The number of hydrogen-bond donors (Lipinski definition) is 1. The van der Waals surface area contributed by atoms with E-state index >= 15 is 0 Å². The topological polar surface area (TPSA) is 105 Å². The van der Waals surface area contributed by atoms with Crippen LogP contribution in [0, 0.1) is 10.1 Å². The van der Waals surface area contributed by atoms with Crippen molar-refractivity contribution in [1.82, 2.24) is 15.4 Å². The van der Waals surface area contributed by atoms with E-state index in [0.29, 0.717) is 5.69 Å². The monoisotopic (exact) mass is 247 g/mol. The van der Waals surface area contributed by atoms with Crippen LogP contribution in [0.3, 0.4) is 0 Å². The van der Waals surface area contributed by atoms with Crippen LogP contribution in [0.15, 0.2) is 30.5 Å². The van der Waals surface area contributed by atoms with Gasteiger partial charge >= 0.3 is 0 Å². The number of non-ortho nitro benzene ring substituents is 1. The van der Waals surface area contributed by atoms with Crippen LogP contribution in [0.4, 0.5) is 11.4 Å². The van der Waals surface area contributed by atoms with Gasteiger partial charge in [-0.3, -0.25) is 14.9 Å². The second-order valence-corrected chi connectivity index (χ2v) is 3.49. The van der Waals surface area contributed by atoms with Gasteiger partial charge in [-0.25, -0.2) is 0 Å². The van der Waals surface area contributed by atoms with Crippen molar-refractivity contribution in [2.75, 3.05) is 11.9 Å². The zero-order chi connectivity index (χ0) is 13.1. The number of aromatic nitrogens is 3. The van der Waals surface area contributed by atoms with Gasteiger partial charge in [-0.1, -0.05) is 0 Å². The molecule has 0 radical (unpaired) electrons. The lowest BCUT2D eigenvalue weighted by Gasteiger charge is -2.15. The Balaban J connectivity index is 2.21. The molecule has 0 aliphatic carbocycles. The third-order valence-electron chi connectivity index (χ3n) is 2.39. The van der Waals surface area contributed by atoms with E-state index in [1.807, 2.05) is 0 Å². The minimum Gasteiger partial charge on any atom is -0.310 e. The molecule has 0 unspecified atom stereocenters. The number of carbonyl (C=O) groups is 1. The van der Waals surface area contributed by atoms with E-state index in [1.54, 1.807) is 7.05 Å². The fourth-order valence-corrected chi connectivity index (χ4v) is 1.39. The van der Waals surface area contributed by atoms with E-state index in [-0.39, 0.29) is 17.3 Å². The van der Waals surface area contributed by atoms with Gasteiger partial charge in [0.05, 0.1) is 11.1 Å². The molecule has 1 amide bonds. The number of carbonyl (C=O) groups excluding carboxylic acids is 1. The summed E-state index contributed by atoms with van der Waals surface area (Å²) in [5.74, 6) is -0.349. The maximum Gasteiger partial charge on any atom is 0.280 e. The van der Waals surface area contributed by atoms with Crippen molar-refractivity contribution < 1.29 is 9.72 Å². The highest BCUT2D eigenvalue weighted by Gasteiger charge is 2.16. The van der Waals surface area contributed by atoms with Crippen LogP contribution in [0.5, 0.6) is 0 Å². The molecule has 0 saturated carbocycles. The van der Waals surface area contributed by atoms with Crippen LogP contribution in [0.25, 0.3) is 0 Å². The average molecular weight is 247 g/mol. The first-order valence-corrected chi connectivity index (χ1v) is 4.98. The predicted molar refractivity (Wildman–Crippen MR) is 62.2 cm³/mol. The Kier molecular flexibility index (Phi) is 3.00. The molecule has 2 rings (SSSR count). The standard InChI is InChI=1S/C10H9N5O3/c1-14(10(16)9-6-11-13-12-9)7-2-4-8(5-3-7)15(17)18/h2-6H,1H3,(H,11,12,13). The maximum atomic E-state index is 11.9. The largest absolute Gasteiger partial charge is 0.310 e. The number of nitrogens with one attached hydrogen (secondary N) is 1. The zero-order valence-electron chi connectivity index (χ0n) is 9.40. The van der Waals surface area contributed by atoms with Gasteiger partial charge in [-0.2, -0.15) is 15.4 Å². The van der Waals surface area contributed by atoms with Crippen molar-refractivity contribution in [1.29, 1.82) is 0 Å². The molecule has 1 aromatic carbocycles. The lowest BCUT2D eigenvalue weighted by atomic mass is 10.2. The van der Waals surface area contributed by atoms with Crippen LogP contribution >= 0.6 is 0 Å². The first-order valence-electron chi connectivity index (χ1n) is 4.98. The Morgan fingerprint density at radius 2 is 2.06 bits per heavy atom. The minimum atomic E-state index is -0.497. The highest BCUT2D eigenvalue weighted by atomic mass is 16.6. The summed E-state index contributed by atoms with van der Waals surface area (Å²) in [7, 11) is 1.55. The second kappa shape index (κ2) is 4.62. The number of aromatic amines is 1. The Hall–Kier alpha value is -2.77. The smallest absolute Gasteiger partial charge is 0.280 e. The first-order chi connectivity index (χ1) is 8.59. The van der Waals surface area contributed by atoms with Gasteiger partial charge in [0.25, 0.3) is 11.6 Å². The quantitative estimate of drug-likeness (QED) is 0.643. The van der Waals surface area contributed by atoms with Crippen LogP contribution in [0.2, 0.25) is 0 Å². The third kappa shape index (κ3) is 2.17. The van der Waals surface area contributed by atoms with E-state index in [1.165, 1.54) is 35.4 Å². The molecular formula is C10H9N5O3. The first kappa shape index (κ1) is 11.7. The van der Waals surface area contributed by atoms with Gasteiger partial charge < -0.3 is 4.90 Å². The van der Waals surface area contributed by atoms with Crippen molar-refractivity contribution in [2.45, 2.75) is 0 Å². The molecule has 0 saturated heterocycles. The molecule has 8 nitrogen and oxygen atoms in total. The predicted octanol–water partition coefficient (Wildman–Crippen LogP) is 0.989. The van der Waals surface area contributed by atoms with E-state index in [4.69, 9.17) is 0 Å². The number of rotatable bonds is 3. The number of benzene rings is 1. The summed E-state index contributed by atoms with van der Waals surface area (Å²) < 4.78 is 0. The van der Waals surface area contributed by atoms with Crippen LogP contribution in [-0.4, -0.2) is 33.3 Å². The van der Waals surface area contributed by atoms with Gasteiger partial charge in [-0.05, 0) is 12.1 Å². The number of amides is 1. The van der Waals surface area contributed by atoms with E-state index in [0.717, 1.165) is 0 Å². The number of nitro groups is 1. The number of nitro benzene ring substituents is 1. The Morgan fingerprint density at radius 1 is 1.39 bits per heavy atom. The fraction of sp³-hybridized carbons (Fsp3) is 0.100. The van der Waals surface area contributed by atoms with Crippen molar-refractivity contribution in [3.8, 4) is 0 Å². The zero-order valence-corrected chi connectivity index (χ0v) is 9.40. The Morgan fingerprint density at radius 3 is 2.56 bits per heavy atom. The molecule has 1 aromatic heterocycles. The number of anilines is 1. The lowest BCUT2D eigenvalue weighted by Crippen LogP contribution is -2.26. The summed E-state index contributed by atoms with van der Waals surface area (Å²) in [4.78, 5) is 23.2. The molecule has 0 spiro atoms. The van der Waals surface area contributed by atoms with Crippen LogP contribution in [-0.2, 0) is 0 Å². The molecule has 0 bridgehead atoms. The lowest BCUT2D eigenvalue weighted by molar-refractivity contribution is -0.384. The minimum absolute atomic E-state index is 0.0268. The van der Waals surface area contributed by atoms with Gasteiger partial charge in [-0.15, -0.1) is 0 Å². The summed E-state index contributed by atoms with van der Waals surface area (Å²) in [6, 6.07) is 5.66. The fourth-order valence-electron chi connectivity index (χ4n) is 1.39. The molecule has 1 N–H and O–H groups in total. The van der Waals surface area contributed by atoms with E-state index < -0.39 is 4.92 Å². The van der Waals surface area contributed by atoms with Crippen LogP contribution < -0.4 is 4.90 Å². The number of nitrogens with zero attached hydrogens (tertiary/aromatic N) is 4. The maximum absolute atomic E-state index is 11.9. The van der Waals surface area contributed by atoms with Gasteiger partial charge in [0.2, 0.25) is 0 Å². The highest BCUT2D eigenvalue weighted by Crippen LogP contribution is 2.19. The SMILES string of the molecule is CN(C(=O)c1cn[nH]n1)c1ccc([N+](=O)[O-])cc1. The third-order valence-corrected chi connectivity index (χ3v) is 2.39. The van der Waals surface area contributed by atoms with Crippen molar-refractivity contribution in [3.63, 3.8) is 0 Å². The summed E-state index contributed by atoms with van der Waals surface area (Å²) in [5, 5.41) is 20.1. The molecule has 18 heavy (non-hydrogen) atoms. The summed E-state index contributed by atoms with van der Waals surface area (Å²) in [5.41, 5.74) is 0.686. The molecule has 92 valence electrons. The van der Waals surface area contributed by atoms with Crippen molar-refractivity contribution in [2.24, 2.45) is 0 Å². The molecule has 0 atom stereocenters. The van der Waals surface area contributed by atoms with Gasteiger partial charge in [0.15, 0.2) is 5.69 Å². The molecular weight excluding hydrogens is 238 g/mol. The average Bonchev–Trinajstić information content (AvgIpc) is 2.91. The van der Waals surface area contributed by atoms with E-state index in [2.05, 4.69) is 15.4 Å². The molecule has 8 heteroatoms. The molecule has 0 aliphatic rings. The molecule has 0 fully saturated rings.